The molecule has 1 amide bonds. The molecule has 0 saturated heterocycles. The first-order valence-corrected chi connectivity index (χ1v) is 8.33. The van der Waals surface area contributed by atoms with Gasteiger partial charge in [0.25, 0.3) is 5.91 Å². The van der Waals surface area contributed by atoms with E-state index >= 15 is 0 Å². The average molecular weight is 353 g/mol. The molecule has 0 aliphatic rings. The lowest BCUT2D eigenvalue weighted by Gasteiger charge is -2.03. The van der Waals surface area contributed by atoms with Gasteiger partial charge >= 0.3 is 5.97 Å². The van der Waals surface area contributed by atoms with Crippen LogP contribution in [0.5, 0.6) is 0 Å². The van der Waals surface area contributed by atoms with Crippen molar-refractivity contribution in [1.29, 1.82) is 0 Å². The van der Waals surface area contributed by atoms with Crippen LogP contribution in [-0.2, 0) is 9.53 Å². The molecular weight excluding hydrogens is 338 g/mol. The molecule has 0 saturated carbocycles. The number of amides is 1. The molecule has 2 heterocycles. The van der Waals surface area contributed by atoms with Gasteiger partial charge in [0.15, 0.2) is 6.61 Å². The topological polar surface area (TPSA) is 73.2 Å². The van der Waals surface area contributed by atoms with Gasteiger partial charge in [-0.1, -0.05) is 24.1 Å². The van der Waals surface area contributed by atoms with E-state index < -0.39 is 11.9 Å². The highest BCUT2D eigenvalue weighted by molar-refractivity contribution is 7.20. The molecule has 1 N–H and O–H groups in total. The van der Waals surface area contributed by atoms with Crippen LogP contribution in [0.15, 0.2) is 36.4 Å². The number of terminal acetylenes is 1. The van der Waals surface area contributed by atoms with E-state index in [0.717, 1.165) is 21.6 Å². The van der Waals surface area contributed by atoms with Gasteiger partial charge in [-0.3, -0.25) is 4.79 Å². The fraction of sp³-hybridized carbons (Fsp3) is 0.167. The molecule has 1 aromatic carbocycles. The average Bonchev–Trinajstić information content (AvgIpc) is 3.19. The molecule has 0 radical (unpaired) electrons. The molecule has 0 bridgehead atoms. The van der Waals surface area contributed by atoms with Crippen molar-refractivity contribution in [3.05, 3.63) is 47.0 Å². The Kier molecular flexibility index (Phi) is 4.82. The Morgan fingerprint density at radius 1 is 1.36 bits per heavy atom. The van der Waals surface area contributed by atoms with Crippen molar-refractivity contribution >= 4 is 33.4 Å². The standard InChI is InChI=1S/C18H15N3O3S/c1-3-9-19-16(22)11-24-18(23)15-10-14-12(2)20-21(17(14)25-15)13-7-5-4-6-8-13/h1,4-8,10H,9,11H2,2H3,(H,19,22). The number of ether oxygens (including phenoxy) is 1. The number of para-hydroxylation sites is 1. The fourth-order valence-electron chi connectivity index (χ4n) is 2.29. The number of hydrogen-bond acceptors (Lipinski definition) is 5. The van der Waals surface area contributed by atoms with Crippen molar-refractivity contribution < 1.29 is 14.3 Å². The number of fused-ring (bicyclic) bond motifs is 1. The van der Waals surface area contributed by atoms with Gasteiger partial charge in [-0.05, 0) is 25.1 Å². The molecule has 7 heteroatoms. The van der Waals surface area contributed by atoms with Crippen LogP contribution >= 0.6 is 11.3 Å². The number of thiophene rings is 1. The summed E-state index contributed by atoms with van der Waals surface area (Å²) in [6, 6.07) is 11.4. The van der Waals surface area contributed by atoms with Crippen LogP contribution in [0.3, 0.4) is 0 Å². The van der Waals surface area contributed by atoms with Gasteiger partial charge < -0.3 is 10.1 Å². The van der Waals surface area contributed by atoms with Gasteiger partial charge in [-0.25, -0.2) is 9.48 Å². The number of carbonyl (C=O) groups excluding carboxylic acids is 2. The third-order valence-corrected chi connectivity index (χ3v) is 4.56. The second kappa shape index (κ2) is 7.20. The van der Waals surface area contributed by atoms with Crippen LogP contribution < -0.4 is 5.32 Å². The predicted octanol–water partition coefficient (Wildman–Crippen LogP) is 2.30. The maximum absolute atomic E-state index is 12.2. The summed E-state index contributed by atoms with van der Waals surface area (Å²) in [6.45, 7) is 1.63. The van der Waals surface area contributed by atoms with Crippen LogP contribution in [0.1, 0.15) is 15.4 Å². The Labute approximate surface area is 148 Å². The Bertz CT molecular complexity index is 967. The normalized spacial score (nSPS) is 10.4. The molecule has 0 spiro atoms. The number of esters is 1. The molecule has 0 aliphatic carbocycles. The van der Waals surface area contributed by atoms with E-state index in [1.54, 1.807) is 10.7 Å². The van der Waals surface area contributed by atoms with Crippen molar-refractivity contribution in [2.75, 3.05) is 13.2 Å². The van der Waals surface area contributed by atoms with Crippen LogP contribution in [0, 0.1) is 19.3 Å². The molecule has 3 rings (SSSR count). The molecule has 6 nitrogen and oxygen atoms in total. The largest absolute Gasteiger partial charge is 0.451 e. The predicted molar refractivity (Wildman–Crippen MR) is 95.8 cm³/mol. The molecular formula is C18H15N3O3S. The van der Waals surface area contributed by atoms with Crippen LogP contribution in [0.4, 0.5) is 0 Å². The maximum atomic E-state index is 12.2. The first-order valence-electron chi connectivity index (χ1n) is 7.52. The van der Waals surface area contributed by atoms with E-state index in [1.165, 1.54) is 11.3 Å². The lowest BCUT2D eigenvalue weighted by atomic mass is 10.3. The summed E-state index contributed by atoms with van der Waals surface area (Å²) in [4.78, 5) is 24.9. The minimum absolute atomic E-state index is 0.103. The summed E-state index contributed by atoms with van der Waals surface area (Å²) in [5, 5.41) is 7.84. The van der Waals surface area contributed by atoms with E-state index in [1.807, 2.05) is 37.3 Å². The third kappa shape index (κ3) is 3.54. The van der Waals surface area contributed by atoms with Crippen molar-refractivity contribution in [1.82, 2.24) is 15.1 Å². The molecule has 0 atom stereocenters. The molecule has 126 valence electrons. The van der Waals surface area contributed by atoms with Gasteiger partial charge in [0.05, 0.1) is 17.9 Å². The Morgan fingerprint density at radius 3 is 2.84 bits per heavy atom. The number of aryl methyl sites for hydroxylation is 1. The molecule has 0 fully saturated rings. The second-order valence-electron chi connectivity index (χ2n) is 5.22. The highest BCUT2D eigenvalue weighted by Gasteiger charge is 2.18. The zero-order valence-electron chi connectivity index (χ0n) is 13.5. The maximum Gasteiger partial charge on any atom is 0.348 e. The zero-order chi connectivity index (χ0) is 17.8. The van der Waals surface area contributed by atoms with Crippen LogP contribution in [0.25, 0.3) is 15.9 Å². The number of carbonyl (C=O) groups is 2. The van der Waals surface area contributed by atoms with E-state index in [2.05, 4.69) is 16.3 Å². The van der Waals surface area contributed by atoms with Crippen LogP contribution in [0.2, 0.25) is 0 Å². The van der Waals surface area contributed by atoms with E-state index in [0.29, 0.717) is 4.88 Å². The summed E-state index contributed by atoms with van der Waals surface area (Å²) >= 11 is 1.28. The summed E-state index contributed by atoms with van der Waals surface area (Å²) in [6.07, 6.45) is 5.05. The van der Waals surface area contributed by atoms with Crippen LogP contribution in [-0.4, -0.2) is 34.8 Å². The minimum atomic E-state index is -0.545. The number of nitrogens with one attached hydrogen (secondary N) is 1. The Morgan fingerprint density at radius 2 is 2.12 bits per heavy atom. The minimum Gasteiger partial charge on any atom is -0.451 e. The zero-order valence-corrected chi connectivity index (χ0v) is 14.3. The number of aromatic nitrogens is 2. The second-order valence-corrected chi connectivity index (χ2v) is 6.25. The third-order valence-electron chi connectivity index (χ3n) is 3.47. The van der Waals surface area contributed by atoms with Gasteiger partial charge in [0.1, 0.15) is 9.71 Å². The number of hydrogen-bond donors (Lipinski definition) is 1. The quantitative estimate of drug-likeness (QED) is 0.564. The number of benzene rings is 1. The van der Waals surface area contributed by atoms with Gasteiger partial charge in [-0.15, -0.1) is 17.8 Å². The highest BCUT2D eigenvalue weighted by Crippen LogP contribution is 2.30. The van der Waals surface area contributed by atoms with Crippen molar-refractivity contribution in [2.45, 2.75) is 6.92 Å². The van der Waals surface area contributed by atoms with E-state index in [-0.39, 0.29) is 13.2 Å². The van der Waals surface area contributed by atoms with Gasteiger partial charge in [0.2, 0.25) is 0 Å². The Hall–Kier alpha value is -3.11. The first kappa shape index (κ1) is 16.7. The summed E-state index contributed by atoms with van der Waals surface area (Å²) < 4.78 is 6.83. The Balaban J connectivity index is 1.81. The smallest absolute Gasteiger partial charge is 0.348 e. The number of nitrogens with zero attached hydrogens (tertiary/aromatic N) is 2. The molecule has 2 aromatic heterocycles. The van der Waals surface area contributed by atoms with Crippen molar-refractivity contribution in [2.24, 2.45) is 0 Å². The van der Waals surface area contributed by atoms with Gasteiger partial charge in [-0.2, -0.15) is 5.10 Å². The summed E-state index contributed by atoms with van der Waals surface area (Å²) in [7, 11) is 0. The lowest BCUT2D eigenvalue weighted by molar-refractivity contribution is -0.123. The molecule has 25 heavy (non-hydrogen) atoms. The molecule has 0 unspecified atom stereocenters. The summed E-state index contributed by atoms with van der Waals surface area (Å²) in [5.41, 5.74) is 1.73. The van der Waals surface area contributed by atoms with Crippen molar-refractivity contribution in [3.63, 3.8) is 0 Å². The first-order chi connectivity index (χ1) is 12.1. The highest BCUT2D eigenvalue weighted by atomic mass is 32.1. The fourth-order valence-corrected chi connectivity index (χ4v) is 3.37. The van der Waals surface area contributed by atoms with E-state index in [9.17, 15) is 9.59 Å². The van der Waals surface area contributed by atoms with E-state index in [4.69, 9.17) is 11.2 Å². The molecule has 3 aromatic rings. The van der Waals surface area contributed by atoms with Gasteiger partial charge in [0, 0.05) is 5.39 Å². The monoisotopic (exact) mass is 353 g/mol. The lowest BCUT2D eigenvalue weighted by Crippen LogP contribution is -2.28. The molecule has 0 aliphatic heterocycles. The number of rotatable bonds is 5. The summed E-state index contributed by atoms with van der Waals surface area (Å²) in [5.74, 6) is 1.30. The van der Waals surface area contributed by atoms with Crippen molar-refractivity contribution in [3.8, 4) is 18.0 Å². The SMILES string of the molecule is C#CCNC(=O)COC(=O)c1cc2c(C)nn(-c3ccccc3)c2s1.